The number of ether oxygens (including phenoxy) is 1. The molecule has 142 valence electrons. The summed E-state index contributed by atoms with van der Waals surface area (Å²) in [6.45, 7) is 5.85. The van der Waals surface area contributed by atoms with Gasteiger partial charge in [-0.15, -0.1) is 11.8 Å². The van der Waals surface area contributed by atoms with Crippen LogP contribution in [0, 0.1) is 13.8 Å². The van der Waals surface area contributed by atoms with Gasteiger partial charge in [0.1, 0.15) is 4.90 Å². The van der Waals surface area contributed by atoms with Crippen molar-refractivity contribution in [3.8, 4) is 0 Å². The molecule has 0 amide bonds. The molecule has 26 heavy (non-hydrogen) atoms. The fraction of sp³-hybridized carbons (Fsp3) is 0.471. The number of morpholine rings is 1. The first-order valence-electron chi connectivity index (χ1n) is 8.40. The zero-order valence-electron chi connectivity index (χ0n) is 14.8. The zero-order chi connectivity index (χ0) is 18.7. The molecule has 0 atom stereocenters. The van der Waals surface area contributed by atoms with Crippen LogP contribution in [0.1, 0.15) is 11.4 Å². The number of hydrogen-bond acceptors (Lipinski definition) is 5. The quantitative estimate of drug-likeness (QED) is 0.678. The molecule has 1 fully saturated rings. The van der Waals surface area contributed by atoms with Crippen molar-refractivity contribution in [1.82, 2.24) is 14.1 Å². The smallest absolute Gasteiger partial charge is 0.246 e. The predicted octanol–water partition coefficient (Wildman–Crippen LogP) is 2.97. The lowest BCUT2D eigenvalue weighted by Crippen LogP contribution is -2.41. The number of halogens is 1. The normalized spacial score (nSPS) is 16.1. The number of thioether (sulfide) groups is 1. The van der Waals surface area contributed by atoms with Crippen molar-refractivity contribution in [2.75, 3.05) is 32.1 Å². The highest BCUT2D eigenvalue weighted by molar-refractivity contribution is 7.99. The van der Waals surface area contributed by atoms with Crippen LogP contribution in [-0.4, -0.2) is 54.6 Å². The molecule has 1 saturated heterocycles. The summed E-state index contributed by atoms with van der Waals surface area (Å²) in [5.41, 5.74) is 1.23. The number of nitrogens with zero attached hydrogens (tertiary/aromatic N) is 3. The van der Waals surface area contributed by atoms with Crippen LogP contribution in [-0.2, 0) is 21.3 Å². The van der Waals surface area contributed by atoms with E-state index >= 15 is 0 Å². The van der Waals surface area contributed by atoms with Crippen LogP contribution >= 0.6 is 23.4 Å². The summed E-state index contributed by atoms with van der Waals surface area (Å²) < 4.78 is 34.5. The lowest BCUT2D eigenvalue weighted by atomic mass is 10.4. The lowest BCUT2D eigenvalue weighted by Gasteiger charge is -2.26. The second kappa shape index (κ2) is 8.31. The first kappa shape index (κ1) is 19.7. The standard InChI is InChI=1S/C17H22ClN3O3S2/c1-13-17(26(22,23)20-7-10-24-11-8-20)14(2)21(19-13)9-12-25-16-5-3-15(18)4-6-16/h3-6H,7-12H2,1-2H3. The van der Waals surface area contributed by atoms with Gasteiger partial charge in [0, 0.05) is 28.8 Å². The average Bonchev–Trinajstić information content (AvgIpc) is 2.92. The third kappa shape index (κ3) is 4.26. The third-order valence-electron chi connectivity index (χ3n) is 4.27. The minimum absolute atomic E-state index is 0.330. The summed E-state index contributed by atoms with van der Waals surface area (Å²) >= 11 is 7.58. The highest BCUT2D eigenvalue weighted by Gasteiger charge is 2.31. The zero-order valence-corrected chi connectivity index (χ0v) is 17.2. The average molecular weight is 416 g/mol. The lowest BCUT2D eigenvalue weighted by molar-refractivity contribution is 0.0730. The van der Waals surface area contributed by atoms with Gasteiger partial charge in [0.25, 0.3) is 0 Å². The molecule has 0 radical (unpaired) electrons. The molecule has 0 bridgehead atoms. The molecular weight excluding hydrogens is 394 g/mol. The van der Waals surface area contributed by atoms with Gasteiger partial charge in [-0.3, -0.25) is 4.68 Å². The molecule has 6 nitrogen and oxygen atoms in total. The molecule has 1 aliphatic rings. The summed E-state index contributed by atoms with van der Waals surface area (Å²) in [5, 5.41) is 5.18. The predicted molar refractivity (Wildman–Crippen MR) is 103 cm³/mol. The summed E-state index contributed by atoms with van der Waals surface area (Å²) in [6.07, 6.45) is 0. The molecule has 2 heterocycles. The molecule has 0 saturated carbocycles. The van der Waals surface area contributed by atoms with Crippen molar-refractivity contribution >= 4 is 33.4 Å². The van der Waals surface area contributed by atoms with Crippen molar-refractivity contribution in [3.63, 3.8) is 0 Å². The number of benzene rings is 1. The molecule has 1 aliphatic heterocycles. The largest absolute Gasteiger partial charge is 0.379 e. The van der Waals surface area contributed by atoms with Crippen molar-refractivity contribution in [3.05, 3.63) is 40.7 Å². The van der Waals surface area contributed by atoms with E-state index < -0.39 is 10.0 Å². The maximum absolute atomic E-state index is 13.0. The number of rotatable bonds is 6. The molecule has 0 spiro atoms. The highest BCUT2D eigenvalue weighted by atomic mass is 35.5. The maximum Gasteiger partial charge on any atom is 0.246 e. The Hall–Kier alpha value is -1.06. The Morgan fingerprint density at radius 1 is 1.19 bits per heavy atom. The molecule has 1 aromatic heterocycles. The highest BCUT2D eigenvalue weighted by Crippen LogP contribution is 2.25. The fourth-order valence-corrected chi connectivity index (χ4v) is 5.70. The van der Waals surface area contributed by atoms with E-state index in [-0.39, 0.29) is 0 Å². The van der Waals surface area contributed by atoms with Gasteiger partial charge < -0.3 is 4.74 Å². The first-order chi connectivity index (χ1) is 12.4. The van der Waals surface area contributed by atoms with Crippen LogP contribution in [0.2, 0.25) is 5.02 Å². The van der Waals surface area contributed by atoms with Gasteiger partial charge in [-0.25, -0.2) is 8.42 Å². The molecule has 9 heteroatoms. The van der Waals surface area contributed by atoms with E-state index in [0.717, 1.165) is 10.6 Å². The van der Waals surface area contributed by atoms with E-state index in [1.165, 1.54) is 4.31 Å². The molecule has 0 N–H and O–H groups in total. The topological polar surface area (TPSA) is 64.4 Å². The van der Waals surface area contributed by atoms with Crippen LogP contribution in [0.5, 0.6) is 0 Å². The van der Waals surface area contributed by atoms with E-state index in [4.69, 9.17) is 16.3 Å². The second-order valence-corrected chi connectivity index (χ2v) is 9.52. The monoisotopic (exact) mass is 415 g/mol. The van der Waals surface area contributed by atoms with Crippen LogP contribution in [0.15, 0.2) is 34.1 Å². The first-order valence-corrected chi connectivity index (χ1v) is 11.2. The van der Waals surface area contributed by atoms with Crippen molar-refractivity contribution in [1.29, 1.82) is 0 Å². The van der Waals surface area contributed by atoms with Gasteiger partial charge >= 0.3 is 0 Å². The summed E-state index contributed by atoms with van der Waals surface area (Å²) in [6, 6.07) is 7.67. The van der Waals surface area contributed by atoms with E-state index in [9.17, 15) is 8.42 Å². The van der Waals surface area contributed by atoms with Gasteiger partial charge in [0.05, 0.1) is 31.1 Å². The maximum atomic E-state index is 13.0. The van der Waals surface area contributed by atoms with Crippen molar-refractivity contribution in [2.45, 2.75) is 30.2 Å². The Morgan fingerprint density at radius 3 is 2.50 bits per heavy atom. The van der Waals surface area contributed by atoms with Crippen LogP contribution in [0.3, 0.4) is 0 Å². The molecule has 3 rings (SSSR count). The molecule has 1 aromatic carbocycles. The van der Waals surface area contributed by atoms with Crippen molar-refractivity contribution < 1.29 is 13.2 Å². The Morgan fingerprint density at radius 2 is 1.85 bits per heavy atom. The minimum atomic E-state index is -3.54. The van der Waals surface area contributed by atoms with Gasteiger partial charge in [-0.05, 0) is 38.1 Å². The number of sulfonamides is 1. The Kier molecular flexibility index (Phi) is 6.29. The van der Waals surface area contributed by atoms with Gasteiger partial charge in [-0.2, -0.15) is 9.40 Å². The third-order valence-corrected chi connectivity index (χ3v) is 7.66. The fourth-order valence-electron chi connectivity index (χ4n) is 2.97. The minimum Gasteiger partial charge on any atom is -0.379 e. The molecule has 0 unspecified atom stereocenters. The van der Waals surface area contributed by atoms with Crippen molar-refractivity contribution in [2.24, 2.45) is 0 Å². The molecule has 0 aliphatic carbocycles. The van der Waals surface area contributed by atoms with E-state index in [1.807, 2.05) is 31.2 Å². The van der Waals surface area contributed by atoms with Crippen LogP contribution < -0.4 is 0 Å². The summed E-state index contributed by atoms with van der Waals surface area (Å²) in [5.74, 6) is 0.792. The molecular formula is C17H22ClN3O3S2. The summed E-state index contributed by atoms with van der Waals surface area (Å²) in [7, 11) is -3.54. The van der Waals surface area contributed by atoms with Gasteiger partial charge in [-0.1, -0.05) is 11.6 Å². The number of aryl methyl sites for hydroxylation is 2. The SMILES string of the molecule is Cc1nn(CCSc2ccc(Cl)cc2)c(C)c1S(=O)(=O)N1CCOCC1. The van der Waals surface area contributed by atoms with E-state index in [0.29, 0.717) is 54.2 Å². The number of aromatic nitrogens is 2. The summed E-state index contributed by atoms with van der Waals surface area (Å²) in [4.78, 5) is 1.45. The second-order valence-electron chi connectivity index (χ2n) is 6.04. The Balaban J connectivity index is 1.72. The van der Waals surface area contributed by atoms with Gasteiger partial charge in [0.2, 0.25) is 10.0 Å². The van der Waals surface area contributed by atoms with Crippen LogP contribution in [0.4, 0.5) is 0 Å². The van der Waals surface area contributed by atoms with Crippen LogP contribution in [0.25, 0.3) is 0 Å². The van der Waals surface area contributed by atoms with E-state index in [1.54, 1.807) is 23.4 Å². The van der Waals surface area contributed by atoms with Gasteiger partial charge in [0.15, 0.2) is 0 Å². The number of hydrogen-bond donors (Lipinski definition) is 0. The Labute approximate surface area is 163 Å². The molecule has 2 aromatic rings. The Bertz CT molecular complexity index is 860. The van der Waals surface area contributed by atoms with E-state index in [2.05, 4.69) is 5.10 Å².